The standard InChI is InChI=1S/C8H6ClF4NO2S/c9-6-1-2-7(10)5(3-6)4-14-17(15,16)8(11,12)13/h1-3,14H,4H2. The molecule has 96 valence electrons. The first-order valence-electron chi connectivity index (χ1n) is 4.13. The number of sulfonamides is 1. The lowest BCUT2D eigenvalue weighted by molar-refractivity contribution is -0.0448. The van der Waals surface area contributed by atoms with Crippen LogP contribution in [0.4, 0.5) is 17.6 Å². The van der Waals surface area contributed by atoms with E-state index in [1.54, 1.807) is 0 Å². The van der Waals surface area contributed by atoms with Crippen LogP contribution < -0.4 is 4.72 Å². The van der Waals surface area contributed by atoms with Crippen LogP contribution in [-0.4, -0.2) is 13.9 Å². The number of hydrogen-bond donors (Lipinski definition) is 1. The van der Waals surface area contributed by atoms with Crippen molar-refractivity contribution in [1.29, 1.82) is 0 Å². The number of hydrogen-bond acceptors (Lipinski definition) is 2. The van der Waals surface area contributed by atoms with Gasteiger partial charge in [0.2, 0.25) is 0 Å². The van der Waals surface area contributed by atoms with Crippen molar-refractivity contribution in [3.8, 4) is 0 Å². The zero-order valence-corrected chi connectivity index (χ0v) is 9.63. The molecule has 0 amide bonds. The van der Waals surface area contributed by atoms with Crippen LogP contribution in [0.2, 0.25) is 5.02 Å². The first kappa shape index (κ1) is 14.2. The second kappa shape index (κ2) is 4.79. The Morgan fingerprint density at radius 1 is 1.29 bits per heavy atom. The molecule has 1 aromatic carbocycles. The summed E-state index contributed by atoms with van der Waals surface area (Å²) < 4.78 is 71.4. The molecule has 0 saturated carbocycles. The van der Waals surface area contributed by atoms with Crippen LogP contribution in [0.5, 0.6) is 0 Å². The molecule has 1 N–H and O–H groups in total. The molecule has 17 heavy (non-hydrogen) atoms. The van der Waals surface area contributed by atoms with Crippen LogP contribution in [0, 0.1) is 5.82 Å². The normalized spacial score (nSPS) is 12.8. The van der Waals surface area contributed by atoms with Gasteiger partial charge >= 0.3 is 15.5 Å². The minimum absolute atomic E-state index is 0.0904. The number of alkyl halides is 3. The highest BCUT2D eigenvalue weighted by molar-refractivity contribution is 7.90. The van der Waals surface area contributed by atoms with Crippen molar-refractivity contribution in [2.45, 2.75) is 12.1 Å². The maximum Gasteiger partial charge on any atom is 0.511 e. The number of halogens is 5. The Bertz CT molecular complexity index is 515. The van der Waals surface area contributed by atoms with Crippen LogP contribution in [0.3, 0.4) is 0 Å². The van der Waals surface area contributed by atoms with Gasteiger partial charge in [-0.1, -0.05) is 11.6 Å². The van der Waals surface area contributed by atoms with Gasteiger partial charge in [0.15, 0.2) is 0 Å². The van der Waals surface area contributed by atoms with Gasteiger partial charge in [0.05, 0.1) is 0 Å². The molecular weight excluding hydrogens is 286 g/mol. The highest BCUT2D eigenvalue weighted by atomic mass is 35.5. The van der Waals surface area contributed by atoms with Crippen molar-refractivity contribution in [2.75, 3.05) is 0 Å². The van der Waals surface area contributed by atoms with Gasteiger partial charge in [0.1, 0.15) is 5.82 Å². The topological polar surface area (TPSA) is 46.2 Å². The molecule has 0 heterocycles. The quantitative estimate of drug-likeness (QED) is 0.869. The molecule has 0 aromatic heterocycles. The Balaban J connectivity index is 2.85. The minimum atomic E-state index is -5.49. The van der Waals surface area contributed by atoms with Gasteiger partial charge in [-0.3, -0.25) is 0 Å². The highest BCUT2D eigenvalue weighted by Gasteiger charge is 2.45. The first-order valence-corrected chi connectivity index (χ1v) is 5.99. The first-order chi connectivity index (χ1) is 7.63. The molecule has 1 rings (SSSR count). The van der Waals surface area contributed by atoms with E-state index in [0.29, 0.717) is 0 Å². The molecule has 0 fully saturated rings. The Morgan fingerprint density at radius 3 is 2.41 bits per heavy atom. The van der Waals surface area contributed by atoms with Crippen LogP contribution >= 0.6 is 11.6 Å². The van der Waals surface area contributed by atoms with Gasteiger partial charge < -0.3 is 0 Å². The van der Waals surface area contributed by atoms with E-state index in [0.717, 1.165) is 12.1 Å². The molecule has 0 aliphatic heterocycles. The SMILES string of the molecule is O=S(=O)(NCc1cc(Cl)ccc1F)C(F)(F)F. The number of rotatable bonds is 3. The van der Waals surface area contributed by atoms with Gasteiger partial charge in [-0.2, -0.15) is 13.2 Å². The van der Waals surface area contributed by atoms with Crippen molar-refractivity contribution in [3.63, 3.8) is 0 Å². The third-order valence-electron chi connectivity index (χ3n) is 1.77. The third-order valence-corrected chi connectivity index (χ3v) is 3.13. The lowest BCUT2D eigenvalue weighted by atomic mass is 10.2. The second-order valence-electron chi connectivity index (χ2n) is 3.01. The summed E-state index contributed by atoms with van der Waals surface area (Å²) in [5.74, 6) is -0.848. The maximum atomic E-state index is 13.1. The van der Waals surface area contributed by atoms with E-state index in [1.165, 1.54) is 10.8 Å². The van der Waals surface area contributed by atoms with Crippen molar-refractivity contribution < 1.29 is 26.0 Å². The Labute approximate surface area is 99.4 Å². The average Bonchev–Trinajstić information content (AvgIpc) is 2.18. The average molecular weight is 292 g/mol. The lowest BCUT2D eigenvalue weighted by Gasteiger charge is -2.10. The molecular formula is C8H6ClF4NO2S. The van der Waals surface area contributed by atoms with Crippen molar-refractivity contribution >= 4 is 21.6 Å². The highest BCUT2D eigenvalue weighted by Crippen LogP contribution is 2.22. The van der Waals surface area contributed by atoms with E-state index >= 15 is 0 Å². The van der Waals surface area contributed by atoms with E-state index in [9.17, 15) is 26.0 Å². The summed E-state index contributed by atoms with van der Waals surface area (Å²) in [6.07, 6.45) is 0. The van der Waals surface area contributed by atoms with E-state index in [2.05, 4.69) is 0 Å². The number of benzene rings is 1. The predicted molar refractivity (Wildman–Crippen MR) is 53.2 cm³/mol. The van der Waals surface area contributed by atoms with Gasteiger partial charge in [-0.15, -0.1) is 0 Å². The largest absolute Gasteiger partial charge is 0.511 e. The summed E-state index contributed by atoms with van der Waals surface area (Å²) in [6, 6.07) is 3.16. The molecule has 1 aromatic rings. The third kappa shape index (κ3) is 3.55. The Kier molecular flexibility index (Phi) is 4.00. The van der Waals surface area contributed by atoms with E-state index < -0.39 is 27.9 Å². The maximum absolute atomic E-state index is 13.1. The summed E-state index contributed by atoms with van der Waals surface area (Å²) in [4.78, 5) is 0. The smallest absolute Gasteiger partial charge is 0.207 e. The fourth-order valence-corrected chi connectivity index (χ4v) is 1.64. The van der Waals surface area contributed by atoms with Gasteiger partial charge in [-0.05, 0) is 18.2 Å². The van der Waals surface area contributed by atoms with Crippen LogP contribution in [0.25, 0.3) is 0 Å². The molecule has 0 spiro atoms. The second-order valence-corrected chi connectivity index (χ2v) is 5.20. The van der Waals surface area contributed by atoms with Crippen molar-refractivity contribution in [2.24, 2.45) is 0 Å². The predicted octanol–water partition coefficient (Wildman–Crippen LogP) is 2.42. The van der Waals surface area contributed by atoms with Crippen LogP contribution in [-0.2, 0) is 16.6 Å². The zero-order valence-electron chi connectivity index (χ0n) is 8.05. The zero-order chi connectivity index (χ0) is 13.3. The molecule has 0 aliphatic carbocycles. The van der Waals surface area contributed by atoms with Gasteiger partial charge in [0, 0.05) is 17.1 Å². The van der Waals surface area contributed by atoms with E-state index in [1.807, 2.05) is 0 Å². The monoisotopic (exact) mass is 291 g/mol. The van der Waals surface area contributed by atoms with Crippen LogP contribution in [0.15, 0.2) is 18.2 Å². The van der Waals surface area contributed by atoms with Gasteiger partial charge in [0.25, 0.3) is 0 Å². The van der Waals surface area contributed by atoms with Crippen molar-refractivity contribution in [3.05, 3.63) is 34.6 Å². The molecule has 0 unspecified atom stereocenters. The van der Waals surface area contributed by atoms with E-state index in [4.69, 9.17) is 11.6 Å². The van der Waals surface area contributed by atoms with Gasteiger partial charge in [-0.25, -0.2) is 17.5 Å². The summed E-state index contributed by atoms with van der Waals surface area (Å²) in [5, 5.41) is 0.0904. The summed E-state index contributed by atoms with van der Waals surface area (Å²) in [5.41, 5.74) is -5.70. The minimum Gasteiger partial charge on any atom is -0.207 e. The molecule has 0 saturated heterocycles. The summed E-state index contributed by atoms with van der Waals surface area (Å²) in [6.45, 7) is -0.825. The summed E-state index contributed by atoms with van der Waals surface area (Å²) in [7, 11) is -5.49. The molecule has 0 aliphatic rings. The Morgan fingerprint density at radius 2 is 1.88 bits per heavy atom. The van der Waals surface area contributed by atoms with E-state index in [-0.39, 0.29) is 10.6 Å². The molecule has 0 bridgehead atoms. The van der Waals surface area contributed by atoms with Crippen molar-refractivity contribution in [1.82, 2.24) is 4.72 Å². The van der Waals surface area contributed by atoms with Crippen LogP contribution in [0.1, 0.15) is 5.56 Å². The summed E-state index contributed by atoms with van der Waals surface area (Å²) >= 11 is 5.49. The molecule has 0 atom stereocenters. The fourth-order valence-electron chi connectivity index (χ4n) is 0.933. The Hall–Kier alpha value is -0.860. The molecule has 3 nitrogen and oxygen atoms in total. The fraction of sp³-hybridized carbons (Fsp3) is 0.250. The molecule has 9 heteroatoms. The lowest BCUT2D eigenvalue weighted by Crippen LogP contribution is -2.36. The molecule has 0 radical (unpaired) electrons. The number of nitrogens with one attached hydrogen (secondary N) is 1.